The third-order valence-electron chi connectivity index (χ3n) is 1.10. The van der Waals surface area contributed by atoms with E-state index in [-0.39, 0.29) is 6.04 Å². The molecule has 1 aromatic rings. The highest BCUT2D eigenvalue weighted by Gasteiger charge is 2.08. The molecule has 10 heavy (non-hydrogen) atoms. The number of rotatable bonds is 1. The van der Waals surface area contributed by atoms with Gasteiger partial charge in [-0.05, 0) is 44.8 Å². The van der Waals surface area contributed by atoms with Gasteiger partial charge in [-0.3, -0.25) is 0 Å². The molecule has 0 amide bonds. The predicted octanol–water partition coefficient (Wildman–Crippen LogP) is 3.29. The largest absolute Gasteiger partial charge is 0.323 e. The van der Waals surface area contributed by atoms with Crippen molar-refractivity contribution in [1.82, 2.24) is 0 Å². The van der Waals surface area contributed by atoms with Gasteiger partial charge < -0.3 is 5.73 Å². The molecule has 0 saturated heterocycles. The number of hydrogen-bond donors (Lipinski definition) is 1. The van der Waals surface area contributed by atoms with Crippen LogP contribution in [-0.2, 0) is 0 Å². The molecule has 1 rings (SSSR count). The van der Waals surface area contributed by atoms with E-state index in [2.05, 4.69) is 31.9 Å². The lowest BCUT2D eigenvalue weighted by atomic mass is 10.3. The lowest BCUT2D eigenvalue weighted by Crippen LogP contribution is -2.02. The summed E-state index contributed by atoms with van der Waals surface area (Å²) in [6, 6.07) is 2.13. The van der Waals surface area contributed by atoms with Crippen molar-refractivity contribution in [2.24, 2.45) is 5.73 Å². The second-order valence-corrected chi connectivity index (χ2v) is 5.37. The van der Waals surface area contributed by atoms with Gasteiger partial charge in [0, 0.05) is 15.4 Å². The zero-order valence-corrected chi connectivity index (χ0v) is 9.38. The molecular weight excluding hydrogens is 278 g/mol. The molecule has 0 saturated carbocycles. The van der Waals surface area contributed by atoms with Gasteiger partial charge in [-0.2, -0.15) is 0 Å². The van der Waals surface area contributed by atoms with Crippen LogP contribution in [-0.4, -0.2) is 0 Å². The van der Waals surface area contributed by atoms with Gasteiger partial charge >= 0.3 is 0 Å². The summed E-state index contributed by atoms with van der Waals surface area (Å²) < 4.78 is 2.21. The van der Waals surface area contributed by atoms with E-state index in [4.69, 9.17) is 5.73 Å². The standard InChI is InChI=1S/C6H7Br2NS/c1-3(9)6-4(7)2-5(8)10-6/h2-3H,9H2,1H3/t3-/m0/s1. The first-order chi connectivity index (χ1) is 4.61. The average molecular weight is 285 g/mol. The first kappa shape index (κ1) is 8.71. The molecule has 1 atom stereocenters. The van der Waals surface area contributed by atoms with Crippen LogP contribution < -0.4 is 5.73 Å². The Labute approximate surface area is 80.9 Å². The molecule has 4 heteroatoms. The number of nitrogens with two attached hydrogens (primary N) is 1. The molecule has 0 aliphatic heterocycles. The molecule has 56 valence electrons. The molecular formula is C6H7Br2NS. The zero-order valence-electron chi connectivity index (χ0n) is 5.40. The van der Waals surface area contributed by atoms with E-state index in [1.807, 2.05) is 13.0 Å². The van der Waals surface area contributed by atoms with Gasteiger partial charge in [0.1, 0.15) is 0 Å². The van der Waals surface area contributed by atoms with Crippen LogP contribution in [0.1, 0.15) is 17.8 Å². The van der Waals surface area contributed by atoms with Crippen LogP contribution in [0.4, 0.5) is 0 Å². The van der Waals surface area contributed by atoms with Crippen molar-refractivity contribution >= 4 is 43.2 Å². The minimum absolute atomic E-state index is 0.116. The van der Waals surface area contributed by atoms with E-state index in [0.717, 1.165) is 8.26 Å². The van der Waals surface area contributed by atoms with E-state index in [0.29, 0.717) is 0 Å². The minimum Gasteiger partial charge on any atom is -0.323 e. The minimum atomic E-state index is 0.116. The van der Waals surface area contributed by atoms with Gasteiger partial charge in [0.15, 0.2) is 0 Å². The van der Waals surface area contributed by atoms with Gasteiger partial charge in [-0.1, -0.05) is 0 Å². The van der Waals surface area contributed by atoms with Crippen molar-refractivity contribution in [3.05, 3.63) is 19.2 Å². The van der Waals surface area contributed by atoms with Crippen molar-refractivity contribution in [3.63, 3.8) is 0 Å². The first-order valence-electron chi connectivity index (χ1n) is 2.81. The molecule has 0 aliphatic carbocycles. The highest BCUT2D eigenvalue weighted by Crippen LogP contribution is 2.34. The summed E-state index contributed by atoms with van der Waals surface area (Å²) in [6.45, 7) is 1.98. The van der Waals surface area contributed by atoms with Crippen LogP contribution in [0, 0.1) is 0 Å². The Bertz CT molecular complexity index is 232. The second-order valence-electron chi connectivity index (χ2n) is 2.05. The molecule has 0 aromatic carbocycles. The Morgan fingerprint density at radius 3 is 2.40 bits per heavy atom. The Morgan fingerprint density at radius 1 is 1.60 bits per heavy atom. The topological polar surface area (TPSA) is 26.0 Å². The summed E-state index contributed by atoms with van der Waals surface area (Å²) in [7, 11) is 0. The fourth-order valence-electron chi connectivity index (χ4n) is 0.664. The van der Waals surface area contributed by atoms with Crippen molar-refractivity contribution < 1.29 is 0 Å². The summed E-state index contributed by atoms with van der Waals surface area (Å²) in [5, 5.41) is 0. The number of halogens is 2. The monoisotopic (exact) mass is 283 g/mol. The van der Waals surface area contributed by atoms with E-state index < -0.39 is 0 Å². The highest BCUT2D eigenvalue weighted by molar-refractivity contribution is 9.11. The van der Waals surface area contributed by atoms with Crippen LogP contribution in [0.2, 0.25) is 0 Å². The van der Waals surface area contributed by atoms with Crippen molar-refractivity contribution in [1.29, 1.82) is 0 Å². The lowest BCUT2D eigenvalue weighted by molar-refractivity contribution is 0.834. The van der Waals surface area contributed by atoms with Gasteiger partial charge in [0.2, 0.25) is 0 Å². The molecule has 1 aromatic heterocycles. The smallest absolute Gasteiger partial charge is 0.0713 e. The molecule has 0 spiro atoms. The molecule has 1 nitrogen and oxygen atoms in total. The fraction of sp³-hybridized carbons (Fsp3) is 0.333. The maximum Gasteiger partial charge on any atom is 0.0713 e. The Balaban J connectivity index is 3.03. The Hall–Kier alpha value is 0.620. The molecule has 0 radical (unpaired) electrons. The first-order valence-corrected chi connectivity index (χ1v) is 5.22. The molecule has 1 heterocycles. The summed E-state index contributed by atoms with van der Waals surface area (Å²) in [5.74, 6) is 0. The van der Waals surface area contributed by atoms with Gasteiger partial charge in [0.05, 0.1) is 3.79 Å². The maximum atomic E-state index is 5.69. The summed E-state index contributed by atoms with van der Waals surface area (Å²) in [5.41, 5.74) is 5.69. The molecule has 0 fully saturated rings. The van der Waals surface area contributed by atoms with Crippen LogP contribution in [0.15, 0.2) is 14.3 Å². The summed E-state index contributed by atoms with van der Waals surface area (Å²) in [6.07, 6.45) is 0. The quantitative estimate of drug-likeness (QED) is 0.841. The van der Waals surface area contributed by atoms with Crippen molar-refractivity contribution in [3.8, 4) is 0 Å². The molecule has 2 N–H and O–H groups in total. The fourth-order valence-corrected chi connectivity index (χ4v) is 3.44. The average Bonchev–Trinajstić information content (AvgIpc) is 2.10. The van der Waals surface area contributed by atoms with Gasteiger partial charge in [-0.25, -0.2) is 0 Å². The molecule has 0 aliphatic rings. The molecule has 0 bridgehead atoms. The third-order valence-corrected chi connectivity index (χ3v) is 3.85. The normalized spacial score (nSPS) is 13.6. The van der Waals surface area contributed by atoms with Gasteiger partial charge in [-0.15, -0.1) is 11.3 Å². The van der Waals surface area contributed by atoms with E-state index in [1.165, 1.54) is 4.88 Å². The Morgan fingerprint density at radius 2 is 2.20 bits per heavy atom. The van der Waals surface area contributed by atoms with Crippen LogP contribution >= 0.6 is 43.2 Å². The maximum absolute atomic E-state index is 5.69. The second kappa shape index (κ2) is 3.34. The molecule has 0 unspecified atom stereocenters. The van der Waals surface area contributed by atoms with Crippen molar-refractivity contribution in [2.75, 3.05) is 0 Å². The van der Waals surface area contributed by atoms with Crippen LogP contribution in [0.25, 0.3) is 0 Å². The van der Waals surface area contributed by atoms with Gasteiger partial charge in [0.25, 0.3) is 0 Å². The highest BCUT2D eigenvalue weighted by atomic mass is 79.9. The lowest BCUT2D eigenvalue weighted by Gasteiger charge is -1.99. The predicted molar refractivity (Wildman–Crippen MR) is 52.3 cm³/mol. The SMILES string of the molecule is C[C@H](N)c1sc(Br)cc1Br. The van der Waals surface area contributed by atoms with E-state index in [9.17, 15) is 0 Å². The number of thiophene rings is 1. The number of hydrogen-bond acceptors (Lipinski definition) is 2. The zero-order chi connectivity index (χ0) is 7.72. The van der Waals surface area contributed by atoms with Crippen LogP contribution in [0.3, 0.4) is 0 Å². The third kappa shape index (κ3) is 1.81. The van der Waals surface area contributed by atoms with E-state index >= 15 is 0 Å². The van der Waals surface area contributed by atoms with Crippen molar-refractivity contribution in [2.45, 2.75) is 13.0 Å². The van der Waals surface area contributed by atoms with Crippen LogP contribution in [0.5, 0.6) is 0 Å². The summed E-state index contributed by atoms with van der Waals surface area (Å²) in [4.78, 5) is 1.19. The Kier molecular flexibility index (Phi) is 2.91. The van der Waals surface area contributed by atoms with E-state index in [1.54, 1.807) is 11.3 Å². The summed E-state index contributed by atoms with van der Waals surface area (Å²) >= 11 is 8.47.